The highest BCUT2D eigenvalue weighted by atomic mass is 16.3. The zero-order valence-electron chi connectivity index (χ0n) is 12.2. The summed E-state index contributed by atoms with van der Waals surface area (Å²) >= 11 is 0. The summed E-state index contributed by atoms with van der Waals surface area (Å²) in [4.78, 5) is 0. The van der Waals surface area contributed by atoms with Crippen LogP contribution in [0.3, 0.4) is 0 Å². The normalized spacial score (nSPS) is 13.8. The summed E-state index contributed by atoms with van der Waals surface area (Å²) in [5.41, 5.74) is 7.46. The van der Waals surface area contributed by atoms with Gasteiger partial charge in [0.2, 0.25) is 0 Å². The molecule has 0 aliphatic heterocycles. The lowest BCUT2D eigenvalue weighted by molar-refractivity contribution is 0.121. The summed E-state index contributed by atoms with van der Waals surface area (Å²) in [6, 6.07) is 7.82. The molecule has 0 amide bonds. The van der Waals surface area contributed by atoms with Crippen molar-refractivity contribution in [3.05, 3.63) is 35.4 Å². The van der Waals surface area contributed by atoms with Crippen LogP contribution >= 0.6 is 0 Å². The molecule has 0 aromatic heterocycles. The van der Waals surface area contributed by atoms with Gasteiger partial charge in [-0.2, -0.15) is 0 Å². The zero-order chi connectivity index (χ0) is 14.3. The molecule has 2 nitrogen and oxygen atoms in total. The highest BCUT2D eigenvalue weighted by Gasteiger charge is 2.14. The van der Waals surface area contributed by atoms with Gasteiger partial charge in [-0.15, -0.1) is 0 Å². The van der Waals surface area contributed by atoms with E-state index in [1.807, 2.05) is 31.2 Å². The van der Waals surface area contributed by atoms with Crippen molar-refractivity contribution in [2.24, 2.45) is 17.6 Å². The Labute approximate surface area is 117 Å². The van der Waals surface area contributed by atoms with E-state index in [1.54, 1.807) is 0 Å². The molecular weight excluding hydrogens is 234 g/mol. The van der Waals surface area contributed by atoms with Crippen molar-refractivity contribution in [3.63, 3.8) is 0 Å². The van der Waals surface area contributed by atoms with E-state index >= 15 is 0 Å². The lowest BCUT2D eigenvalue weighted by Gasteiger charge is -2.17. The minimum atomic E-state index is -0.514. The van der Waals surface area contributed by atoms with Crippen LogP contribution in [0.1, 0.15) is 50.8 Å². The molecule has 2 atom stereocenters. The van der Waals surface area contributed by atoms with Gasteiger partial charge < -0.3 is 10.8 Å². The van der Waals surface area contributed by atoms with Gasteiger partial charge in [0.05, 0.1) is 6.10 Å². The Kier molecular flexibility index (Phi) is 6.62. The molecule has 3 N–H and O–H groups in total. The number of hydrogen-bond donors (Lipinski definition) is 2. The van der Waals surface area contributed by atoms with E-state index in [2.05, 4.69) is 25.7 Å². The maximum Gasteiger partial charge on any atom is 0.0828 e. The van der Waals surface area contributed by atoms with Gasteiger partial charge in [0, 0.05) is 11.5 Å². The molecule has 0 fully saturated rings. The molecule has 0 saturated heterocycles. The summed E-state index contributed by atoms with van der Waals surface area (Å²) < 4.78 is 0. The summed E-state index contributed by atoms with van der Waals surface area (Å²) in [6.07, 6.45) is 1.64. The lowest BCUT2D eigenvalue weighted by atomic mass is 9.96. The van der Waals surface area contributed by atoms with E-state index in [0.29, 0.717) is 12.5 Å². The molecule has 104 valence electrons. The fourth-order valence-electron chi connectivity index (χ4n) is 1.94. The second kappa shape index (κ2) is 7.99. The Hall–Kier alpha value is -1.30. The first kappa shape index (κ1) is 15.8. The third kappa shape index (κ3) is 4.70. The van der Waals surface area contributed by atoms with E-state index < -0.39 is 6.10 Å². The standard InChI is InChI=1S/C17H25NO/c1-4-14(5-2)9-10-15-7-6-8-16(11-15)17(19)13(3)12-18/h6-8,11,13-14,17,19H,4-5,12,18H2,1-3H3. The van der Waals surface area contributed by atoms with Gasteiger partial charge in [0.25, 0.3) is 0 Å². The fraction of sp³-hybridized carbons (Fsp3) is 0.529. The van der Waals surface area contributed by atoms with Gasteiger partial charge in [0.15, 0.2) is 0 Å². The molecule has 1 aromatic carbocycles. The van der Waals surface area contributed by atoms with Crippen molar-refractivity contribution in [2.45, 2.75) is 39.7 Å². The summed E-state index contributed by atoms with van der Waals surface area (Å²) in [5.74, 6) is 7.01. The van der Waals surface area contributed by atoms with Crippen LogP contribution in [0.5, 0.6) is 0 Å². The van der Waals surface area contributed by atoms with Crippen LogP contribution in [0.4, 0.5) is 0 Å². The van der Waals surface area contributed by atoms with Crippen molar-refractivity contribution >= 4 is 0 Å². The molecule has 2 unspecified atom stereocenters. The Balaban J connectivity index is 2.88. The largest absolute Gasteiger partial charge is 0.388 e. The predicted octanol–water partition coefficient (Wildman–Crippen LogP) is 3.10. The average Bonchev–Trinajstić information content (AvgIpc) is 2.47. The van der Waals surface area contributed by atoms with E-state index in [-0.39, 0.29) is 5.92 Å². The van der Waals surface area contributed by atoms with Crippen LogP contribution < -0.4 is 5.73 Å². The smallest absolute Gasteiger partial charge is 0.0828 e. The fourth-order valence-corrected chi connectivity index (χ4v) is 1.94. The molecule has 0 saturated carbocycles. The van der Waals surface area contributed by atoms with E-state index in [9.17, 15) is 5.11 Å². The van der Waals surface area contributed by atoms with Crippen LogP contribution in [0.25, 0.3) is 0 Å². The molecule has 0 radical (unpaired) electrons. The highest BCUT2D eigenvalue weighted by molar-refractivity contribution is 5.38. The topological polar surface area (TPSA) is 46.2 Å². The number of rotatable bonds is 5. The second-order valence-electron chi connectivity index (χ2n) is 5.07. The van der Waals surface area contributed by atoms with Gasteiger partial charge in [-0.3, -0.25) is 0 Å². The molecular formula is C17H25NO. The molecule has 0 heterocycles. The second-order valence-corrected chi connectivity index (χ2v) is 5.07. The Morgan fingerprint density at radius 1 is 1.26 bits per heavy atom. The molecule has 19 heavy (non-hydrogen) atoms. The van der Waals surface area contributed by atoms with Crippen LogP contribution in [-0.4, -0.2) is 11.7 Å². The predicted molar refractivity (Wildman–Crippen MR) is 80.6 cm³/mol. The first-order valence-electron chi connectivity index (χ1n) is 7.11. The van der Waals surface area contributed by atoms with Crippen LogP contribution in [0.2, 0.25) is 0 Å². The van der Waals surface area contributed by atoms with Crippen LogP contribution in [0.15, 0.2) is 24.3 Å². The van der Waals surface area contributed by atoms with Gasteiger partial charge in [-0.05, 0) is 43.0 Å². The van der Waals surface area contributed by atoms with Gasteiger partial charge >= 0.3 is 0 Å². The van der Waals surface area contributed by atoms with Crippen molar-refractivity contribution in [2.75, 3.05) is 6.54 Å². The van der Waals surface area contributed by atoms with Crippen LogP contribution in [-0.2, 0) is 0 Å². The van der Waals surface area contributed by atoms with Crippen molar-refractivity contribution in [1.82, 2.24) is 0 Å². The van der Waals surface area contributed by atoms with Gasteiger partial charge in [-0.25, -0.2) is 0 Å². The Morgan fingerprint density at radius 2 is 1.95 bits per heavy atom. The third-order valence-corrected chi connectivity index (χ3v) is 3.55. The molecule has 0 aliphatic rings. The number of aliphatic hydroxyl groups excluding tert-OH is 1. The van der Waals surface area contributed by atoms with E-state index in [0.717, 1.165) is 24.0 Å². The Morgan fingerprint density at radius 3 is 2.53 bits per heavy atom. The maximum absolute atomic E-state index is 10.2. The van der Waals surface area contributed by atoms with Crippen molar-refractivity contribution in [3.8, 4) is 11.8 Å². The van der Waals surface area contributed by atoms with Gasteiger partial charge in [0.1, 0.15) is 0 Å². The van der Waals surface area contributed by atoms with E-state index in [1.165, 1.54) is 0 Å². The van der Waals surface area contributed by atoms with Gasteiger partial charge in [-0.1, -0.05) is 44.7 Å². The third-order valence-electron chi connectivity index (χ3n) is 3.55. The molecule has 1 aromatic rings. The first-order valence-corrected chi connectivity index (χ1v) is 7.11. The molecule has 0 aliphatic carbocycles. The maximum atomic E-state index is 10.2. The minimum absolute atomic E-state index is 0.0576. The van der Waals surface area contributed by atoms with Crippen LogP contribution in [0, 0.1) is 23.7 Å². The molecule has 2 heteroatoms. The number of nitrogens with two attached hydrogens (primary N) is 1. The first-order chi connectivity index (χ1) is 9.12. The average molecular weight is 259 g/mol. The minimum Gasteiger partial charge on any atom is -0.388 e. The SMILES string of the molecule is CCC(C#Cc1cccc(C(O)C(C)CN)c1)CC. The molecule has 1 rings (SSSR count). The zero-order valence-corrected chi connectivity index (χ0v) is 12.2. The summed E-state index contributed by atoms with van der Waals surface area (Å²) in [6.45, 7) is 6.75. The molecule has 0 spiro atoms. The quantitative estimate of drug-likeness (QED) is 0.798. The van der Waals surface area contributed by atoms with Crippen molar-refractivity contribution in [1.29, 1.82) is 0 Å². The lowest BCUT2D eigenvalue weighted by Crippen LogP contribution is -2.18. The Bertz CT molecular complexity index is 440. The monoisotopic (exact) mass is 259 g/mol. The summed E-state index contributed by atoms with van der Waals surface area (Å²) in [7, 11) is 0. The number of aliphatic hydroxyl groups is 1. The number of benzene rings is 1. The summed E-state index contributed by atoms with van der Waals surface area (Å²) in [5, 5.41) is 10.2. The molecule has 0 bridgehead atoms. The highest BCUT2D eigenvalue weighted by Crippen LogP contribution is 2.21. The number of hydrogen-bond acceptors (Lipinski definition) is 2. The van der Waals surface area contributed by atoms with E-state index in [4.69, 9.17) is 5.73 Å². The van der Waals surface area contributed by atoms with Crippen molar-refractivity contribution < 1.29 is 5.11 Å².